The quantitative estimate of drug-likeness (QED) is 0.602. The van der Waals surface area contributed by atoms with Gasteiger partial charge in [-0.3, -0.25) is 4.79 Å². The maximum absolute atomic E-state index is 10.7. The predicted molar refractivity (Wildman–Crippen MR) is 64.4 cm³/mol. The Morgan fingerprint density at radius 3 is 2.76 bits per heavy atom. The number of aromatic hydroxyl groups is 1. The number of aromatic nitrogens is 1. The number of nitrogens with zero attached hydrogens (tertiary/aromatic N) is 1. The molecule has 0 fully saturated rings. The molecule has 1 heterocycles. The first-order valence-corrected chi connectivity index (χ1v) is 5.84. The van der Waals surface area contributed by atoms with Gasteiger partial charge in [-0.05, 0) is 6.07 Å². The average molecular weight is 258 g/mol. The van der Waals surface area contributed by atoms with Gasteiger partial charge in [-0.15, -0.1) is 0 Å². The van der Waals surface area contributed by atoms with E-state index >= 15 is 0 Å². The van der Waals surface area contributed by atoms with Gasteiger partial charge in [-0.25, -0.2) is 4.98 Å². The predicted octanol–water partition coefficient (Wildman–Crippen LogP) is 0.0434. The van der Waals surface area contributed by atoms with E-state index in [-0.39, 0.29) is 28.0 Å². The number of rotatable bonds is 4. The second-order valence-electron chi connectivity index (χ2n) is 3.49. The zero-order chi connectivity index (χ0) is 13.0. The van der Waals surface area contributed by atoms with Crippen LogP contribution in [0.2, 0.25) is 0 Å². The Balaban J connectivity index is 2.70. The molecule has 1 aromatic heterocycles. The van der Waals surface area contributed by atoms with Crippen molar-refractivity contribution >= 4 is 22.7 Å². The molecule has 0 aliphatic heterocycles. The standard InChI is InChI=1S/C10H14N2O4S/c1-5(13)17-4-8(15)9(16)6-2-7(14)10(11)12-3-6/h2-3,8-9,14-16H,4H2,1H3,(H2,11,12). The van der Waals surface area contributed by atoms with Gasteiger partial charge in [0.15, 0.2) is 16.7 Å². The number of carbonyl (C=O) groups is 1. The van der Waals surface area contributed by atoms with Crippen molar-refractivity contribution in [1.82, 2.24) is 4.98 Å². The van der Waals surface area contributed by atoms with Crippen LogP contribution in [-0.4, -0.2) is 37.3 Å². The van der Waals surface area contributed by atoms with Crippen molar-refractivity contribution in [3.63, 3.8) is 0 Å². The van der Waals surface area contributed by atoms with E-state index in [4.69, 9.17) is 5.73 Å². The zero-order valence-corrected chi connectivity index (χ0v) is 10.0. The molecule has 7 heteroatoms. The lowest BCUT2D eigenvalue weighted by Gasteiger charge is -2.17. The molecular formula is C10H14N2O4S. The SMILES string of the molecule is CC(=O)SCC(O)C(O)c1cnc(N)c(O)c1. The second kappa shape index (κ2) is 5.85. The van der Waals surface area contributed by atoms with Crippen molar-refractivity contribution < 1.29 is 20.1 Å². The Morgan fingerprint density at radius 2 is 2.24 bits per heavy atom. The van der Waals surface area contributed by atoms with Gasteiger partial charge in [0.25, 0.3) is 0 Å². The fourth-order valence-corrected chi connectivity index (χ4v) is 1.74. The molecule has 0 aromatic carbocycles. The monoisotopic (exact) mass is 258 g/mol. The van der Waals surface area contributed by atoms with Crippen molar-refractivity contribution in [3.8, 4) is 5.75 Å². The summed E-state index contributed by atoms with van der Waals surface area (Å²) in [6.07, 6.45) is -1.07. The highest BCUT2D eigenvalue weighted by Crippen LogP contribution is 2.25. The summed E-state index contributed by atoms with van der Waals surface area (Å²) in [5.74, 6) is -0.233. The summed E-state index contributed by atoms with van der Waals surface area (Å²) in [4.78, 5) is 14.4. The van der Waals surface area contributed by atoms with E-state index in [0.717, 1.165) is 11.8 Å². The molecule has 0 bridgehead atoms. The minimum absolute atomic E-state index is 0.0476. The maximum Gasteiger partial charge on any atom is 0.185 e. The summed E-state index contributed by atoms with van der Waals surface area (Å²) in [5, 5.41) is 28.5. The molecule has 94 valence electrons. The average Bonchev–Trinajstić information content (AvgIpc) is 2.28. The van der Waals surface area contributed by atoms with E-state index in [0.29, 0.717) is 0 Å². The number of carbonyl (C=O) groups excluding carboxylic acids is 1. The van der Waals surface area contributed by atoms with Crippen LogP contribution in [0.5, 0.6) is 5.75 Å². The molecule has 0 spiro atoms. The highest BCUT2D eigenvalue weighted by molar-refractivity contribution is 8.13. The van der Waals surface area contributed by atoms with Crippen LogP contribution in [0.3, 0.4) is 0 Å². The van der Waals surface area contributed by atoms with Crippen molar-refractivity contribution in [2.75, 3.05) is 11.5 Å². The minimum atomic E-state index is -1.22. The number of anilines is 1. The topological polar surface area (TPSA) is 117 Å². The first kappa shape index (κ1) is 13.8. The molecule has 1 rings (SSSR count). The molecule has 0 aliphatic carbocycles. The number of pyridine rings is 1. The summed E-state index contributed by atoms with van der Waals surface area (Å²) < 4.78 is 0. The fraction of sp³-hybridized carbons (Fsp3) is 0.400. The van der Waals surface area contributed by atoms with Crippen LogP contribution in [0.25, 0.3) is 0 Å². The van der Waals surface area contributed by atoms with Gasteiger partial charge in [0.05, 0.1) is 6.10 Å². The van der Waals surface area contributed by atoms with Crippen LogP contribution in [0.4, 0.5) is 5.82 Å². The molecule has 2 unspecified atom stereocenters. The van der Waals surface area contributed by atoms with Crippen LogP contribution in [0.15, 0.2) is 12.3 Å². The Labute approximate surface area is 102 Å². The number of nitrogens with two attached hydrogens (primary N) is 1. The fourth-order valence-electron chi connectivity index (χ4n) is 1.16. The van der Waals surface area contributed by atoms with Crippen LogP contribution in [0, 0.1) is 0 Å². The smallest absolute Gasteiger partial charge is 0.185 e. The first-order valence-electron chi connectivity index (χ1n) is 4.85. The molecule has 0 saturated carbocycles. The summed E-state index contributed by atoms with van der Waals surface area (Å²) in [6.45, 7) is 1.38. The highest BCUT2D eigenvalue weighted by Gasteiger charge is 2.20. The van der Waals surface area contributed by atoms with Crippen LogP contribution >= 0.6 is 11.8 Å². The van der Waals surface area contributed by atoms with E-state index in [1.807, 2.05) is 0 Å². The number of hydrogen-bond acceptors (Lipinski definition) is 7. The van der Waals surface area contributed by atoms with Crippen molar-refractivity contribution in [1.29, 1.82) is 0 Å². The first-order chi connectivity index (χ1) is 7.91. The van der Waals surface area contributed by atoms with Gasteiger partial charge in [-0.1, -0.05) is 11.8 Å². The van der Waals surface area contributed by atoms with Gasteiger partial charge >= 0.3 is 0 Å². The molecule has 0 saturated heterocycles. The summed E-state index contributed by atoms with van der Waals surface area (Å²) in [5.41, 5.74) is 5.55. The van der Waals surface area contributed by atoms with Crippen LogP contribution < -0.4 is 5.73 Å². The van der Waals surface area contributed by atoms with Crippen LogP contribution in [0.1, 0.15) is 18.6 Å². The van der Waals surface area contributed by atoms with E-state index in [1.165, 1.54) is 19.2 Å². The minimum Gasteiger partial charge on any atom is -0.504 e. The normalized spacial score (nSPS) is 14.3. The second-order valence-corrected chi connectivity index (χ2v) is 4.68. The summed E-state index contributed by atoms with van der Waals surface area (Å²) in [7, 11) is 0. The van der Waals surface area contributed by atoms with Gasteiger partial charge in [-0.2, -0.15) is 0 Å². The van der Waals surface area contributed by atoms with E-state index in [2.05, 4.69) is 4.98 Å². The molecule has 17 heavy (non-hydrogen) atoms. The Hall–Kier alpha value is -1.31. The Bertz CT molecular complexity index is 413. The maximum atomic E-state index is 10.7. The summed E-state index contributed by atoms with van der Waals surface area (Å²) >= 11 is 0.913. The molecule has 0 aliphatic rings. The number of aliphatic hydroxyl groups excluding tert-OH is 2. The van der Waals surface area contributed by atoms with Crippen molar-refractivity contribution in [3.05, 3.63) is 17.8 Å². The highest BCUT2D eigenvalue weighted by atomic mass is 32.2. The van der Waals surface area contributed by atoms with E-state index in [1.54, 1.807) is 0 Å². The van der Waals surface area contributed by atoms with Gasteiger partial charge < -0.3 is 21.1 Å². The molecule has 2 atom stereocenters. The zero-order valence-electron chi connectivity index (χ0n) is 9.20. The third-order valence-electron chi connectivity index (χ3n) is 2.08. The summed E-state index contributed by atoms with van der Waals surface area (Å²) in [6, 6.07) is 1.23. The van der Waals surface area contributed by atoms with Gasteiger partial charge in [0, 0.05) is 24.4 Å². The Morgan fingerprint density at radius 1 is 1.59 bits per heavy atom. The third kappa shape index (κ3) is 3.88. The molecule has 0 radical (unpaired) electrons. The number of hydrogen-bond donors (Lipinski definition) is 4. The molecule has 6 nitrogen and oxygen atoms in total. The lowest BCUT2D eigenvalue weighted by Crippen LogP contribution is -2.21. The number of nitrogen functional groups attached to an aromatic ring is 1. The van der Waals surface area contributed by atoms with E-state index < -0.39 is 12.2 Å². The third-order valence-corrected chi connectivity index (χ3v) is 3.00. The number of aliphatic hydroxyl groups is 2. The van der Waals surface area contributed by atoms with Gasteiger partial charge in [0.2, 0.25) is 0 Å². The molecule has 1 aromatic rings. The lowest BCUT2D eigenvalue weighted by molar-refractivity contribution is -0.109. The lowest BCUT2D eigenvalue weighted by atomic mass is 10.1. The molecular weight excluding hydrogens is 244 g/mol. The van der Waals surface area contributed by atoms with Crippen molar-refractivity contribution in [2.24, 2.45) is 0 Å². The van der Waals surface area contributed by atoms with Crippen LogP contribution in [-0.2, 0) is 4.79 Å². The molecule has 0 amide bonds. The Kier molecular flexibility index (Phi) is 4.73. The largest absolute Gasteiger partial charge is 0.504 e. The van der Waals surface area contributed by atoms with Gasteiger partial charge in [0.1, 0.15) is 6.10 Å². The van der Waals surface area contributed by atoms with E-state index in [9.17, 15) is 20.1 Å². The van der Waals surface area contributed by atoms with Crippen molar-refractivity contribution in [2.45, 2.75) is 19.1 Å². The number of thioether (sulfide) groups is 1. The molecule has 5 N–H and O–H groups in total.